The fourth-order valence-corrected chi connectivity index (χ4v) is 4.20. The van der Waals surface area contributed by atoms with Crippen LogP contribution in [0.2, 0.25) is 0 Å². The predicted molar refractivity (Wildman–Crippen MR) is 128 cm³/mol. The summed E-state index contributed by atoms with van der Waals surface area (Å²) in [6.45, 7) is -0.740. The van der Waals surface area contributed by atoms with E-state index in [1.54, 1.807) is 24.3 Å². The lowest BCUT2D eigenvalue weighted by Gasteiger charge is -2.40. The molecule has 0 saturated heterocycles. The molecule has 3 N–H and O–H groups in total. The van der Waals surface area contributed by atoms with Crippen LogP contribution in [0.1, 0.15) is 32.6 Å². The SMILES string of the molecule is CC(=O)CCCC(=O)N(CC(F)(F)F)C1CC(C(=O)NCCO)=CC(Oc2ccccc2I)C1O. The van der Waals surface area contributed by atoms with Crippen LogP contribution < -0.4 is 10.1 Å². The lowest BCUT2D eigenvalue weighted by molar-refractivity contribution is -0.172. The zero-order valence-electron chi connectivity index (χ0n) is 19.1. The van der Waals surface area contributed by atoms with Gasteiger partial charge < -0.3 is 30.0 Å². The molecule has 12 heteroatoms. The third-order valence-electron chi connectivity index (χ3n) is 5.30. The Morgan fingerprint density at radius 3 is 2.51 bits per heavy atom. The fraction of sp³-hybridized carbons (Fsp3) is 0.522. The molecule has 1 aromatic carbocycles. The van der Waals surface area contributed by atoms with E-state index in [0.717, 1.165) is 0 Å². The molecule has 0 aliphatic heterocycles. The van der Waals surface area contributed by atoms with E-state index in [0.29, 0.717) is 14.2 Å². The molecule has 0 spiro atoms. The Morgan fingerprint density at radius 2 is 1.91 bits per heavy atom. The number of para-hydroxylation sites is 1. The molecular weight excluding hydrogens is 584 g/mol. The van der Waals surface area contributed by atoms with Crippen molar-refractivity contribution in [2.24, 2.45) is 0 Å². The summed E-state index contributed by atoms with van der Waals surface area (Å²) in [7, 11) is 0. The number of ketones is 1. The Hall–Kier alpha value is -2.19. The number of hydrogen-bond acceptors (Lipinski definition) is 6. The molecule has 0 fully saturated rings. The normalized spacial score (nSPS) is 20.1. The second-order valence-corrected chi connectivity index (χ2v) is 9.30. The van der Waals surface area contributed by atoms with Crippen molar-refractivity contribution in [3.05, 3.63) is 39.5 Å². The van der Waals surface area contributed by atoms with E-state index in [4.69, 9.17) is 9.84 Å². The van der Waals surface area contributed by atoms with Gasteiger partial charge in [-0.3, -0.25) is 9.59 Å². The number of hydrogen-bond donors (Lipinski definition) is 3. The molecule has 0 heterocycles. The molecule has 2 amide bonds. The maximum Gasteiger partial charge on any atom is 0.406 e. The minimum absolute atomic E-state index is 0.0217. The minimum atomic E-state index is -4.76. The molecule has 3 atom stereocenters. The molecule has 1 aromatic rings. The third-order valence-corrected chi connectivity index (χ3v) is 6.20. The lowest BCUT2D eigenvalue weighted by Crippen LogP contribution is -2.57. The van der Waals surface area contributed by atoms with Crippen molar-refractivity contribution in [1.29, 1.82) is 0 Å². The lowest BCUT2D eigenvalue weighted by atomic mass is 9.88. The summed E-state index contributed by atoms with van der Waals surface area (Å²) >= 11 is 1.99. The van der Waals surface area contributed by atoms with E-state index in [1.807, 2.05) is 22.6 Å². The van der Waals surface area contributed by atoms with Crippen LogP contribution in [0.25, 0.3) is 0 Å². The molecule has 0 bridgehead atoms. The quantitative estimate of drug-likeness (QED) is 0.331. The van der Waals surface area contributed by atoms with E-state index in [2.05, 4.69) is 5.32 Å². The highest BCUT2D eigenvalue weighted by atomic mass is 127. The number of carbonyl (C=O) groups is 3. The first-order chi connectivity index (χ1) is 16.4. The average Bonchev–Trinajstić information content (AvgIpc) is 2.77. The van der Waals surface area contributed by atoms with Crippen LogP contribution in [0.15, 0.2) is 35.9 Å². The van der Waals surface area contributed by atoms with Crippen molar-refractivity contribution in [2.45, 2.75) is 57.0 Å². The van der Waals surface area contributed by atoms with Crippen molar-refractivity contribution < 1.29 is 42.5 Å². The van der Waals surface area contributed by atoms with Gasteiger partial charge in [-0.2, -0.15) is 13.2 Å². The van der Waals surface area contributed by atoms with Crippen molar-refractivity contribution in [1.82, 2.24) is 10.2 Å². The Morgan fingerprint density at radius 1 is 1.23 bits per heavy atom. The van der Waals surface area contributed by atoms with Gasteiger partial charge in [0.15, 0.2) is 0 Å². The van der Waals surface area contributed by atoms with Gasteiger partial charge >= 0.3 is 6.18 Å². The number of benzene rings is 1. The number of ether oxygens (including phenoxy) is 1. The maximum absolute atomic E-state index is 13.4. The van der Waals surface area contributed by atoms with Crippen LogP contribution >= 0.6 is 22.6 Å². The highest BCUT2D eigenvalue weighted by molar-refractivity contribution is 14.1. The topological polar surface area (TPSA) is 116 Å². The van der Waals surface area contributed by atoms with Crippen LogP contribution in [0.4, 0.5) is 13.2 Å². The van der Waals surface area contributed by atoms with Crippen LogP contribution in [0.3, 0.4) is 0 Å². The van der Waals surface area contributed by atoms with Crippen LogP contribution in [0.5, 0.6) is 5.75 Å². The molecule has 2 rings (SSSR count). The van der Waals surface area contributed by atoms with E-state index in [1.165, 1.54) is 13.0 Å². The van der Waals surface area contributed by atoms with E-state index < -0.39 is 42.8 Å². The summed E-state index contributed by atoms with van der Waals surface area (Å²) in [6, 6.07) is 5.36. The largest absolute Gasteiger partial charge is 0.482 e. The molecule has 0 aromatic heterocycles. The van der Waals surface area contributed by atoms with E-state index >= 15 is 0 Å². The first kappa shape index (κ1) is 29.0. The Bertz CT molecular complexity index is 940. The van der Waals surface area contributed by atoms with Crippen LogP contribution in [0, 0.1) is 3.57 Å². The first-order valence-corrected chi connectivity index (χ1v) is 12.1. The van der Waals surface area contributed by atoms with E-state index in [9.17, 15) is 32.7 Å². The average molecular weight is 612 g/mol. The number of Topliss-reactive ketones (excluding diaryl/α,β-unsaturated/α-hetero) is 1. The Balaban J connectivity index is 2.39. The molecule has 194 valence electrons. The summed E-state index contributed by atoms with van der Waals surface area (Å²) in [6.07, 6.45) is -6.81. The minimum Gasteiger partial charge on any atom is -0.482 e. The van der Waals surface area contributed by atoms with Gasteiger partial charge in [-0.05, 0) is 54.1 Å². The third kappa shape index (κ3) is 9.08. The molecule has 0 saturated carbocycles. The number of halogens is 4. The van der Waals surface area contributed by atoms with Gasteiger partial charge in [0.05, 0.1) is 16.2 Å². The van der Waals surface area contributed by atoms with Crippen LogP contribution in [-0.4, -0.2) is 76.8 Å². The number of nitrogens with one attached hydrogen (secondary N) is 1. The van der Waals surface area contributed by atoms with Crippen molar-refractivity contribution in [3.63, 3.8) is 0 Å². The van der Waals surface area contributed by atoms with Crippen LogP contribution in [-0.2, 0) is 14.4 Å². The number of alkyl halides is 3. The smallest absolute Gasteiger partial charge is 0.406 e. The second kappa shape index (κ2) is 13.2. The van der Waals surface area contributed by atoms with Gasteiger partial charge in [0.1, 0.15) is 30.3 Å². The number of aliphatic hydroxyl groups excluding tert-OH is 2. The van der Waals surface area contributed by atoms with Gasteiger partial charge in [0.25, 0.3) is 0 Å². The van der Waals surface area contributed by atoms with Crippen molar-refractivity contribution in [2.75, 3.05) is 19.7 Å². The Kier molecular flexibility index (Phi) is 11.0. The number of aliphatic hydroxyl groups is 2. The zero-order chi connectivity index (χ0) is 26.2. The fourth-order valence-electron chi connectivity index (χ4n) is 3.68. The number of rotatable bonds is 11. The predicted octanol–water partition coefficient (Wildman–Crippen LogP) is 2.36. The molecule has 1 aliphatic rings. The van der Waals surface area contributed by atoms with Gasteiger partial charge in [-0.1, -0.05) is 12.1 Å². The van der Waals surface area contributed by atoms with Crippen molar-refractivity contribution >= 4 is 40.2 Å². The number of nitrogens with zero attached hydrogens (tertiary/aromatic N) is 1. The molecule has 35 heavy (non-hydrogen) atoms. The Labute approximate surface area is 214 Å². The summed E-state index contributed by atoms with van der Waals surface area (Å²) in [4.78, 5) is 37.1. The number of carbonyl (C=O) groups excluding carboxylic acids is 3. The number of amides is 2. The van der Waals surface area contributed by atoms with Gasteiger partial charge in [-0.25, -0.2) is 0 Å². The van der Waals surface area contributed by atoms with Gasteiger partial charge in [0, 0.05) is 31.4 Å². The highest BCUT2D eigenvalue weighted by Crippen LogP contribution is 2.31. The standard InChI is InChI=1S/C23H28F3IN2O6/c1-14(31)5-4-8-20(32)29(13-23(24,25)26)17-11-15(22(34)28-9-10-30)12-19(21(17)33)35-18-7-3-2-6-16(18)27/h2-3,6-7,12,17,19,21,30,33H,4-5,8-11,13H2,1H3,(H,28,34). The van der Waals surface area contributed by atoms with Gasteiger partial charge in [-0.15, -0.1) is 0 Å². The van der Waals surface area contributed by atoms with Crippen molar-refractivity contribution in [3.8, 4) is 5.75 Å². The summed E-state index contributed by atoms with van der Waals surface area (Å²) in [5.41, 5.74) is 0.0217. The molecule has 3 unspecified atom stereocenters. The molecular formula is C23H28F3IN2O6. The molecule has 1 aliphatic carbocycles. The monoisotopic (exact) mass is 612 g/mol. The van der Waals surface area contributed by atoms with E-state index in [-0.39, 0.29) is 50.2 Å². The first-order valence-electron chi connectivity index (χ1n) is 11.0. The zero-order valence-corrected chi connectivity index (χ0v) is 21.2. The van der Waals surface area contributed by atoms with Gasteiger partial charge in [0.2, 0.25) is 11.8 Å². The summed E-state index contributed by atoms with van der Waals surface area (Å²) in [5.74, 6) is -1.39. The molecule has 8 nitrogen and oxygen atoms in total. The highest BCUT2D eigenvalue weighted by Gasteiger charge is 2.44. The summed E-state index contributed by atoms with van der Waals surface area (Å²) < 4.78 is 46.8. The summed E-state index contributed by atoms with van der Waals surface area (Å²) in [5, 5.41) is 22.5. The molecule has 0 radical (unpaired) electrons. The maximum atomic E-state index is 13.4. The second-order valence-electron chi connectivity index (χ2n) is 8.14.